The molecule has 0 N–H and O–H groups in total. The Labute approximate surface area is 137 Å². The number of amides is 1. The van der Waals surface area contributed by atoms with Gasteiger partial charge in [0.15, 0.2) is 0 Å². The summed E-state index contributed by atoms with van der Waals surface area (Å²) in [7, 11) is 0. The molecule has 2 atom stereocenters. The van der Waals surface area contributed by atoms with Gasteiger partial charge in [0.05, 0.1) is 16.6 Å². The summed E-state index contributed by atoms with van der Waals surface area (Å²) in [4.78, 5) is 25.0. The SMILES string of the molecule is O=C(c1csc([N+](=O)[O-])c1)N(C[C@@H]1CCCO1)[C@@H]1CCSC1. The molecule has 0 bridgehead atoms. The van der Waals surface area contributed by atoms with E-state index in [9.17, 15) is 14.9 Å². The lowest BCUT2D eigenvalue weighted by Crippen LogP contribution is -2.44. The number of rotatable bonds is 5. The monoisotopic (exact) mass is 342 g/mol. The van der Waals surface area contributed by atoms with Gasteiger partial charge in [-0.15, -0.1) is 0 Å². The zero-order chi connectivity index (χ0) is 15.5. The van der Waals surface area contributed by atoms with Crippen LogP contribution >= 0.6 is 23.1 Å². The second-order valence-electron chi connectivity index (χ2n) is 5.54. The maximum absolute atomic E-state index is 12.8. The minimum absolute atomic E-state index is 0.0150. The highest BCUT2D eigenvalue weighted by Gasteiger charge is 2.32. The Morgan fingerprint density at radius 1 is 1.50 bits per heavy atom. The van der Waals surface area contributed by atoms with Crippen molar-refractivity contribution in [3.8, 4) is 0 Å². The summed E-state index contributed by atoms with van der Waals surface area (Å²) in [5.74, 6) is 1.89. The number of carbonyl (C=O) groups is 1. The van der Waals surface area contributed by atoms with E-state index in [4.69, 9.17) is 4.74 Å². The Morgan fingerprint density at radius 3 is 2.95 bits per heavy atom. The predicted molar refractivity (Wildman–Crippen MR) is 86.7 cm³/mol. The number of nitrogens with zero attached hydrogens (tertiary/aromatic N) is 2. The molecule has 1 aromatic heterocycles. The van der Waals surface area contributed by atoms with Crippen LogP contribution in [0.25, 0.3) is 0 Å². The summed E-state index contributed by atoms with van der Waals surface area (Å²) in [6.45, 7) is 1.35. The van der Waals surface area contributed by atoms with Gasteiger partial charge in [0.2, 0.25) is 0 Å². The van der Waals surface area contributed by atoms with Gasteiger partial charge in [-0.3, -0.25) is 14.9 Å². The standard InChI is InChI=1S/C14H18N2O4S2/c17-14(10-6-13(16(18)19)22-8-10)15(11-3-5-21-9-11)7-12-2-1-4-20-12/h6,8,11-12H,1-5,7,9H2/t11-,12+/m1/s1. The highest BCUT2D eigenvalue weighted by molar-refractivity contribution is 7.99. The molecule has 1 aromatic rings. The normalized spacial score (nSPS) is 24.5. The molecule has 3 rings (SSSR count). The lowest BCUT2D eigenvalue weighted by molar-refractivity contribution is -0.380. The van der Waals surface area contributed by atoms with Gasteiger partial charge in [-0.05, 0) is 25.0 Å². The van der Waals surface area contributed by atoms with Crippen LogP contribution in [-0.2, 0) is 4.74 Å². The first-order valence-electron chi connectivity index (χ1n) is 7.38. The third-order valence-electron chi connectivity index (χ3n) is 4.04. The Balaban J connectivity index is 1.76. The van der Waals surface area contributed by atoms with Gasteiger partial charge >= 0.3 is 5.00 Å². The molecule has 120 valence electrons. The molecule has 2 aliphatic heterocycles. The maximum Gasteiger partial charge on any atom is 0.324 e. The van der Waals surface area contributed by atoms with Crippen molar-refractivity contribution in [2.45, 2.75) is 31.4 Å². The Kier molecular flexibility index (Phi) is 5.00. The summed E-state index contributed by atoms with van der Waals surface area (Å²) in [6, 6.07) is 1.60. The first-order chi connectivity index (χ1) is 10.6. The average Bonchev–Trinajstić information content (AvgIpc) is 3.24. The number of ether oxygens (including phenoxy) is 1. The number of hydrogen-bond acceptors (Lipinski definition) is 6. The number of carbonyl (C=O) groups excluding carboxylic acids is 1. The van der Waals surface area contributed by atoms with Crippen molar-refractivity contribution in [2.24, 2.45) is 0 Å². The fraction of sp³-hybridized carbons (Fsp3) is 0.643. The van der Waals surface area contributed by atoms with Gasteiger partial charge < -0.3 is 9.64 Å². The minimum Gasteiger partial charge on any atom is -0.376 e. The number of nitro groups is 1. The van der Waals surface area contributed by atoms with E-state index in [0.717, 1.165) is 48.7 Å². The van der Waals surface area contributed by atoms with Crippen LogP contribution in [0.15, 0.2) is 11.4 Å². The van der Waals surface area contributed by atoms with Crippen LogP contribution < -0.4 is 0 Å². The van der Waals surface area contributed by atoms with E-state index in [0.29, 0.717) is 12.1 Å². The van der Waals surface area contributed by atoms with Crippen LogP contribution in [-0.4, -0.2) is 52.5 Å². The van der Waals surface area contributed by atoms with E-state index in [-0.39, 0.29) is 23.1 Å². The van der Waals surface area contributed by atoms with Gasteiger partial charge in [-0.25, -0.2) is 0 Å². The van der Waals surface area contributed by atoms with E-state index in [1.165, 1.54) is 6.07 Å². The molecule has 8 heteroatoms. The molecule has 2 saturated heterocycles. The highest BCUT2D eigenvalue weighted by Crippen LogP contribution is 2.28. The molecular formula is C14H18N2O4S2. The summed E-state index contributed by atoms with van der Waals surface area (Å²) in [6.07, 6.45) is 3.10. The molecule has 0 unspecified atom stereocenters. The lowest BCUT2D eigenvalue weighted by Gasteiger charge is -2.30. The van der Waals surface area contributed by atoms with Crippen molar-refractivity contribution >= 4 is 34.0 Å². The lowest BCUT2D eigenvalue weighted by atomic mass is 10.1. The molecule has 1 amide bonds. The third-order valence-corrected chi connectivity index (χ3v) is 6.07. The van der Waals surface area contributed by atoms with E-state index in [1.807, 2.05) is 16.7 Å². The van der Waals surface area contributed by atoms with Gasteiger partial charge in [0.1, 0.15) is 0 Å². The van der Waals surface area contributed by atoms with Crippen molar-refractivity contribution in [3.05, 3.63) is 27.1 Å². The second kappa shape index (κ2) is 6.97. The molecule has 6 nitrogen and oxygen atoms in total. The van der Waals surface area contributed by atoms with Crippen molar-refractivity contribution in [2.75, 3.05) is 24.7 Å². The van der Waals surface area contributed by atoms with Crippen LogP contribution in [0.3, 0.4) is 0 Å². The molecule has 0 saturated carbocycles. The fourth-order valence-electron chi connectivity index (χ4n) is 2.87. The van der Waals surface area contributed by atoms with Crippen LogP contribution in [0.4, 0.5) is 5.00 Å². The number of thioether (sulfide) groups is 1. The summed E-state index contributed by atoms with van der Waals surface area (Å²) >= 11 is 2.86. The average molecular weight is 342 g/mol. The first kappa shape index (κ1) is 15.8. The van der Waals surface area contributed by atoms with Gasteiger partial charge in [-0.1, -0.05) is 11.3 Å². The third kappa shape index (κ3) is 3.44. The molecular weight excluding hydrogens is 324 g/mol. The van der Waals surface area contributed by atoms with E-state index >= 15 is 0 Å². The van der Waals surface area contributed by atoms with E-state index in [2.05, 4.69) is 0 Å². The van der Waals surface area contributed by atoms with Gasteiger partial charge in [0.25, 0.3) is 5.91 Å². The summed E-state index contributed by atoms with van der Waals surface area (Å²) in [5.41, 5.74) is 0.423. The van der Waals surface area contributed by atoms with E-state index < -0.39 is 4.92 Å². The van der Waals surface area contributed by atoms with Crippen molar-refractivity contribution in [3.63, 3.8) is 0 Å². The van der Waals surface area contributed by atoms with Crippen LogP contribution in [0.1, 0.15) is 29.6 Å². The molecule has 0 aromatic carbocycles. The maximum atomic E-state index is 12.8. The Hall–Kier alpha value is -1.12. The first-order valence-corrected chi connectivity index (χ1v) is 9.42. The molecule has 0 aliphatic carbocycles. The second-order valence-corrected chi connectivity index (χ2v) is 7.58. The molecule has 3 heterocycles. The van der Waals surface area contributed by atoms with Crippen LogP contribution in [0, 0.1) is 10.1 Å². The Bertz CT molecular complexity index is 551. The zero-order valence-corrected chi connectivity index (χ0v) is 13.7. The van der Waals surface area contributed by atoms with Crippen LogP contribution in [0.5, 0.6) is 0 Å². The number of hydrogen-bond donors (Lipinski definition) is 0. The molecule has 2 fully saturated rings. The van der Waals surface area contributed by atoms with Gasteiger partial charge in [-0.2, -0.15) is 11.8 Å². The molecule has 0 spiro atoms. The predicted octanol–water partition coefficient (Wildman–Crippen LogP) is 2.78. The molecule has 2 aliphatic rings. The zero-order valence-electron chi connectivity index (χ0n) is 12.1. The van der Waals surface area contributed by atoms with Crippen LogP contribution in [0.2, 0.25) is 0 Å². The smallest absolute Gasteiger partial charge is 0.324 e. The quantitative estimate of drug-likeness (QED) is 0.608. The van der Waals surface area contributed by atoms with E-state index in [1.54, 1.807) is 5.38 Å². The Morgan fingerprint density at radius 2 is 2.36 bits per heavy atom. The van der Waals surface area contributed by atoms with Crippen molar-refractivity contribution in [1.82, 2.24) is 4.90 Å². The largest absolute Gasteiger partial charge is 0.376 e. The minimum atomic E-state index is -0.447. The molecule has 0 radical (unpaired) electrons. The van der Waals surface area contributed by atoms with Gasteiger partial charge in [0, 0.05) is 36.4 Å². The topological polar surface area (TPSA) is 72.7 Å². The summed E-state index contributed by atoms with van der Waals surface area (Å²) in [5, 5.41) is 12.4. The summed E-state index contributed by atoms with van der Waals surface area (Å²) < 4.78 is 5.67. The fourth-order valence-corrected chi connectivity index (χ4v) is 4.79. The van der Waals surface area contributed by atoms with Crippen molar-refractivity contribution < 1.29 is 14.5 Å². The number of thiophene rings is 1. The van der Waals surface area contributed by atoms with Crippen molar-refractivity contribution in [1.29, 1.82) is 0 Å². The highest BCUT2D eigenvalue weighted by atomic mass is 32.2. The molecule has 22 heavy (non-hydrogen) atoms.